The second kappa shape index (κ2) is 9.75. The Balaban J connectivity index is 1.68. The molecule has 0 saturated carbocycles. The molecule has 0 saturated heterocycles. The highest BCUT2D eigenvalue weighted by molar-refractivity contribution is 5.94. The summed E-state index contributed by atoms with van der Waals surface area (Å²) in [4.78, 5) is 12.9. The number of amides is 1. The van der Waals surface area contributed by atoms with Gasteiger partial charge in [0.15, 0.2) is 0 Å². The molecule has 0 radical (unpaired) electrons. The lowest BCUT2D eigenvalue weighted by molar-refractivity contribution is 0.0931. The largest absolute Gasteiger partial charge is 0.489 e. The van der Waals surface area contributed by atoms with Crippen LogP contribution in [0.3, 0.4) is 0 Å². The van der Waals surface area contributed by atoms with Crippen molar-refractivity contribution in [3.63, 3.8) is 0 Å². The SMILES string of the molecule is CC(C)C[C@H](NC(=O)c1cccc(OCc2ccccc2)c1)c1ccccc1. The van der Waals surface area contributed by atoms with Gasteiger partial charge >= 0.3 is 0 Å². The molecule has 0 unspecified atom stereocenters. The van der Waals surface area contributed by atoms with Crippen molar-refractivity contribution in [2.24, 2.45) is 5.92 Å². The van der Waals surface area contributed by atoms with Gasteiger partial charge in [0.05, 0.1) is 6.04 Å². The molecule has 0 aromatic heterocycles. The minimum Gasteiger partial charge on any atom is -0.489 e. The van der Waals surface area contributed by atoms with Crippen LogP contribution >= 0.6 is 0 Å². The molecule has 3 heteroatoms. The molecule has 0 aliphatic rings. The van der Waals surface area contributed by atoms with Crippen LogP contribution in [0.5, 0.6) is 5.75 Å². The average Bonchev–Trinajstić information content (AvgIpc) is 2.73. The minimum absolute atomic E-state index is 0.0115. The van der Waals surface area contributed by atoms with Crippen LogP contribution in [0.25, 0.3) is 0 Å². The van der Waals surface area contributed by atoms with Crippen molar-refractivity contribution in [3.05, 3.63) is 102 Å². The zero-order valence-electron chi connectivity index (χ0n) is 16.5. The summed E-state index contributed by atoms with van der Waals surface area (Å²) in [7, 11) is 0. The molecule has 0 fully saturated rings. The Morgan fingerprint density at radius 3 is 2.25 bits per heavy atom. The summed E-state index contributed by atoms with van der Waals surface area (Å²) in [5.41, 5.74) is 2.83. The summed E-state index contributed by atoms with van der Waals surface area (Å²) in [5.74, 6) is 1.09. The molecule has 144 valence electrons. The van der Waals surface area contributed by atoms with Gasteiger partial charge in [0, 0.05) is 5.56 Å². The van der Waals surface area contributed by atoms with Crippen LogP contribution in [-0.2, 0) is 6.61 Å². The van der Waals surface area contributed by atoms with E-state index in [-0.39, 0.29) is 11.9 Å². The van der Waals surface area contributed by atoms with Crippen molar-refractivity contribution in [3.8, 4) is 5.75 Å². The normalized spacial score (nSPS) is 11.8. The summed E-state index contributed by atoms with van der Waals surface area (Å²) < 4.78 is 5.86. The number of carbonyl (C=O) groups excluding carboxylic acids is 1. The van der Waals surface area contributed by atoms with E-state index in [4.69, 9.17) is 4.74 Å². The van der Waals surface area contributed by atoms with Gasteiger partial charge in [-0.25, -0.2) is 0 Å². The van der Waals surface area contributed by atoms with Crippen LogP contribution in [0.15, 0.2) is 84.9 Å². The summed E-state index contributed by atoms with van der Waals surface area (Å²) >= 11 is 0. The lowest BCUT2D eigenvalue weighted by Gasteiger charge is -2.21. The van der Waals surface area contributed by atoms with Gasteiger partial charge in [0.1, 0.15) is 12.4 Å². The zero-order chi connectivity index (χ0) is 19.8. The van der Waals surface area contributed by atoms with Crippen molar-refractivity contribution in [1.82, 2.24) is 5.32 Å². The third-order valence-electron chi connectivity index (χ3n) is 4.56. The van der Waals surface area contributed by atoms with Crippen molar-refractivity contribution < 1.29 is 9.53 Å². The van der Waals surface area contributed by atoms with Crippen molar-refractivity contribution in [1.29, 1.82) is 0 Å². The van der Waals surface area contributed by atoms with E-state index in [0.717, 1.165) is 17.5 Å². The summed E-state index contributed by atoms with van der Waals surface area (Å²) in [5, 5.41) is 3.19. The van der Waals surface area contributed by atoms with Crippen LogP contribution < -0.4 is 10.1 Å². The maximum Gasteiger partial charge on any atom is 0.251 e. The quantitative estimate of drug-likeness (QED) is 0.543. The number of nitrogens with one attached hydrogen (secondary N) is 1. The first-order chi connectivity index (χ1) is 13.6. The summed E-state index contributed by atoms with van der Waals surface area (Å²) in [6, 6.07) is 27.5. The molecule has 3 aromatic carbocycles. The van der Waals surface area contributed by atoms with Gasteiger partial charge < -0.3 is 10.1 Å². The Bertz CT molecular complexity index is 875. The first-order valence-electron chi connectivity index (χ1n) is 9.74. The van der Waals surface area contributed by atoms with Crippen molar-refractivity contribution in [2.75, 3.05) is 0 Å². The van der Waals surface area contributed by atoms with Crippen LogP contribution in [0.1, 0.15) is 47.8 Å². The molecule has 1 atom stereocenters. The van der Waals surface area contributed by atoms with E-state index in [1.807, 2.05) is 66.7 Å². The Morgan fingerprint density at radius 2 is 1.57 bits per heavy atom. The Morgan fingerprint density at radius 1 is 0.893 bits per heavy atom. The highest BCUT2D eigenvalue weighted by Gasteiger charge is 2.17. The Hall–Kier alpha value is -3.07. The molecule has 0 heterocycles. The van der Waals surface area contributed by atoms with E-state index in [1.54, 1.807) is 6.07 Å². The van der Waals surface area contributed by atoms with Crippen LogP contribution in [0, 0.1) is 5.92 Å². The number of carbonyl (C=O) groups is 1. The molecule has 0 spiro atoms. The van der Waals surface area contributed by atoms with E-state index in [2.05, 4.69) is 31.3 Å². The second-order valence-electron chi connectivity index (χ2n) is 7.37. The topological polar surface area (TPSA) is 38.3 Å². The third kappa shape index (κ3) is 5.71. The van der Waals surface area contributed by atoms with Gasteiger partial charge in [-0.1, -0.05) is 80.6 Å². The van der Waals surface area contributed by atoms with Crippen molar-refractivity contribution in [2.45, 2.75) is 32.9 Å². The van der Waals surface area contributed by atoms with Crippen molar-refractivity contribution >= 4 is 5.91 Å². The Kier molecular flexibility index (Phi) is 6.85. The first kappa shape index (κ1) is 19.7. The fourth-order valence-electron chi connectivity index (χ4n) is 3.14. The highest BCUT2D eigenvalue weighted by Crippen LogP contribution is 2.22. The molecule has 28 heavy (non-hydrogen) atoms. The maximum atomic E-state index is 12.9. The molecule has 0 bridgehead atoms. The zero-order valence-corrected chi connectivity index (χ0v) is 16.5. The van der Waals surface area contributed by atoms with Crippen LogP contribution in [0.4, 0.5) is 0 Å². The second-order valence-corrected chi connectivity index (χ2v) is 7.37. The lowest BCUT2D eigenvalue weighted by atomic mass is 9.96. The van der Waals surface area contributed by atoms with E-state index < -0.39 is 0 Å². The molecular formula is C25H27NO2. The van der Waals surface area contributed by atoms with Crippen LogP contribution in [-0.4, -0.2) is 5.91 Å². The molecule has 0 aliphatic carbocycles. The van der Waals surface area contributed by atoms with E-state index in [0.29, 0.717) is 23.8 Å². The average molecular weight is 373 g/mol. The number of benzene rings is 3. The number of hydrogen-bond donors (Lipinski definition) is 1. The standard InChI is InChI=1S/C25H27NO2/c1-19(2)16-24(21-12-7-4-8-13-21)26-25(27)22-14-9-15-23(17-22)28-18-20-10-5-3-6-11-20/h3-15,17,19,24H,16,18H2,1-2H3,(H,26,27)/t24-/m0/s1. The summed E-state index contributed by atoms with van der Waals surface area (Å²) in [6.07, 6.45) is 0.889. The monoisotopic (exact) mass is 373 g/mol. The fraction of sp³-hybridized carbons (Fsp3) is 0.240. The predicted octanol–water partition coefficient (Wildman–Crippen LogP) is 5.78. The van der Waals surface area contributed by atoms with Gasteiger partial charge in [0.2, 0.25) is 0 Å². The fourth-order valence-corrected chi connectivity index (χ4v) is 3.14. The highest BCUT2D eigenvalue weighted by atomic mass is 16.5. The number of hydrogen-bond acceptors (Lipinski definition) is 2. The molecule has 3 nitrogen and oxygen atoms in total. The van der Waals surface area contributed by atoms with Gasteiger partial charge in [-0.3, -0.25) is 4.79 Å². The Labute approximate surface area is 167 Å². The van der Waals surface area contributed by atoms with E-state index in [1.165, 1.54) is 0 Å². The smallest absolute Gasteiger partial charge is 0.251 e. The molecule has 1 N–H and O–H groups in total. The first-order valence-corrected chi connectivity index (χ1v) is 9.74. The molecule has 1 amide bonds. The predicted molar refractivity (Wildman–Crippen MR) is 113 cm³/mol. The van der Waals surface area contributed by atoms with E-state index >= 15 is 0 Å². The van der Waals surface area contributed by atoms with Gasteiger partial charge in [0.25, 0.3) is 5.91 Å². The molecule has 3 rings (SSSR count). The van der Waals surface area contributed by atoms with E-state index in [9.17, 15) is 4.79 Å². The van der Waals surface area contributed by atoms with Crippen LogP contribution in [0.2, 0.25) is 0 Å². The molecule has 3 aromatic rings. The molecule has 0 aliphatic heterocycles. The maximum absolute atomic E-state index is 12.9. The number of ether oxygens (including phenoxy) is 1. The number of rotatable bonds is 8. The van der Waals surface area contributed by atoms with Gasteiger partial charge in [-0.2, -0.15) is 0 Å². The lowest BCUT2D eigenvalue weighted by Crippen LogP contribution is -2.29. The van der Waals surface area contributed by atoms with Gasteiger partial charge in [-0.05, 0) is 41.7 Å². The van der Waals surface area contributed by atoms with Gasteiger partial charge in [-0.15, -0.1) is 0 Å². The summed E-state index contributed by atoms with van der Waals surface area (Å²) in [6.45, 7) is 4.81. The molecular weight excluding hydrogens is 346 g/mol. The minimum atomic E-state index is -0.0836. The third-order valence-corrected chi connectivity index (χ3v) is 4.56.